The summed E-state index contributed by atoms with van der Waals surface area (Å²) in [6.45, 7) is 0. The second-order valence-electron chi connectivity index (χ2n) is 3.95. The van der Waals surface area contributed by atoms with E-state index in [2.05, 4.69) is 15.9 Å². The van der Waals surface area contributed by atoms with Crippen LogP contribution in [-0.2, 0) is 0 Å². The Balaban J connectivity index is 2.70. The first-order valence-corrected chi connectivity index (χ1v) is 7.13. The number of hydrogen-bond acceptors (Lipinski definition) is 3. The topological polar surface area (TPSA) is 38.7 Å². The van der Waals surface area contributed by atoms with Gasteiger partial charge in [-0.05, 0) is 34.1 Å². The number of phenolic OH excluding ortho intramolecular Hbond substituents is 1. The van der Waals surface area contributed by atoms with Gasteiger partial charge in [-0.2, -0.15) is 0 Å². The number of rotatable bonds is 3. The summed E-state index contributed by atoms with van der Waals surface area (Å²) in [6.07, 6.45) is 0. The zero-order chi connectivity index (χ0) is 14.9. The van der Waals surface area contributed by atoms with E-state index in [-0.39, 0.29) is 10.8 Å². The van der Waals surface area contributed by atoms with Gasteiger partial charge in [0.25, 0.3) is 0 Å². The molecule has 0 radical (unpaired) electrons. The highest BCUT2D eigenvalue weighted by atomic mass is 79.9. The average Bonchev–Trinajstić information content (AvgIpc) is 2.42. The molecule has 0 aliphatic carbocycles. The van der Waals surface area contributed by atoms with Crippen LogP contribution in [0.5, 0.6) is 17.2 Å². The minimum absolute atomic E-state index is 0.0630. The highest BCUT2D eigenvalue weighted by molar-refractivity contribution is 9.10. The van der Waals surface area contributed by atoms with Crippen LogP contribution in [0, 0.1) is 0 Å². The van der Waals surface area contributed by atoms with Gasteiger partial charge in [0.05, 0.1) is 24.3 Å². The number of halogens is 3. The Morgan fingerprint density at radius 3 is 2.30 bits per heavy atom. The average molecular weight is 378 g/mol. The van der Waals surface area contributed by atoms with Crippen molar-refractivity contribution in [3.63, 3.8) is 0 Å². The predicted octanol–water partition coefficient (Wildman–Crippen LogP) is 5.15. The van der Waals surface area contributed by atoms with E-state index in [1.165, 1.54) is 6.07 Å². The summed E-state index contributed by atoms with van der Waals surface area (Å²) in [5.41, 5.74) is 1.40. The summed E-state index contributed by atoms with van der Waals surface area (Å²) in [7, 11) is 3.13. The number of benzene rings is 2. The molecule has 0 aliphatic rings. The molecule has 3 nitrogen and oxygen atoms in total. The molecule has 0 fully saturated rings. The van der Waals surface area contributed by atoms with Crippen LogP contribution in [0.4, 0.5) is 0 Å². The van der Waals surface area contributed by atoms with Crippen LogP contribution in [0.15, 0.2) is 28.7 Å². The van der Waals surface area contributed by atoms with Gasteiger partial charge < -0.3 is 14.6 Å². The van der Waals surface area contributed by atoms with Crippen molar-refractivity contribution in [2.24, 2.45) is 0 Å². The molecule has 0 aromatic heterocycles. The van der Waals surface area contributed by atoms with Gasteiger partial charge in [0.2, 0.25) is 0 Å². The lowest BCUT2D eigenvalue weighted by molar-refractivity contribution is 0.390. The molecule has 2 aromatic rings. The van der Waals surface area contributed by atoms with E-state index in [1.807, 2.05) is 6.07 Å². The molecule has 0 aliphatic heterocycles. The van der Waals surface area contributed by atoms with Gasteiger partial charge in [-0.25, -0.2) is 0 Å². The number of hydrogen-bond donors (Lipinski definition) is 1. The van der Waals surface area contributed by atoms with Gasteiger partial charge in [0.1, 0.15) is 21.7 Å². The van der Waals surface area contributed by atoms with E-state index in [4.69, 9.17) is 32.7 Å². The lowest BCUT2D eigenvalue weighted by Gasteiger charge is -2.15. The maximum Gasteiger partial charge on any atom is 0.144 e. The van der Waals surface area contributed by atoms with Crippen LogP contribution in [-0.4, -0.2) is 19.3 Å². The van der Waals surface area contributed by atoms with Crippen molar-refractivity contribution >= 4 is 39.1 Å². The third kappa shape index (κ3) is 2.68. The Labute approximate surface area is 135 Å². The van der Waals surface area contributed by atoms with E-state index >= 15 is 0 Å². The summed E-state index contributed by atoms with van der Waals surface area (Å²) < 4.78 is 11.3. The van der Waals surface area contributed by atoms with Gasteiger partial charge in [-0.3, -0.25) is 0 Å². The zero-order valence-electron chi connectivity index (χ0n) is 10.7. The SMILES string of the molecule is COc1ccc(-c2cc(Cl)c(O)cc2Cl)c(OC)c1Br. The van der Waals surface area contributed by atoms with Crippen molar-refractivity contribution < 1.29 is 14.6 Å². The van der Waals surface area contributed by atoms with Crippen molar-refractivity contribution in [2.45, 2.75) is 0 Å². The molecule has 1 N–H and O–H groups in total. The molecule has 0 amide bonds. The Bertz CT molecular complexity index is 659. The van der Waals surface area contributed by atoms with Crippen LogP contribution in [0.2, 0.25) is 10.0 Å². The summed E-state index contributed by atoms with van der Waals surface area (Å²) >= 11 is 15.5. The molecule has 0 atom stereocenters. The second kappa shape index (κ2) is 6.12. The van der Waals surface area contributed by atoms with Crippen LogP contribution < -0.4 is 9.47 Å². The highest BCUT2D eigenvalue weighted by Crippen LogP contribution is 2.45. The number of aromatic hydroxyl groups is 1. The van der Waals surface area contributed by atoms with E-state index in [0.29, 0.717) is 26.6 Å². The molecule has 106 valence electrons. The van der Waals surface area contributed by atoms with Gasteiger partial charge >= 0.3 is 0 Å². The number of ether oxygens (including phenoxy) is 2. The summed E-state index contributed by atoms with van der Waals surface area (Å²) in [5.74, 6) is 1.16. The van der Waals surface area contributed by atoms with Crippen LogP contribution >= 0.6 is 39.1 Å². The Morgan fingerprint density at radius 1 is 1.00 bits per heavy atom. The van der Waals surface area contributed by atoms with Crippen molar-refractivity contribution in [3.8, 4) is 28.4 Å². The fraction of sp³-hybridized carbons (Fsp3) is 0.143. The monoisotopic (exact) mass is 376 g/mol. The normalized spacial score (nSPS) is 10.4. The summed E-state index contributed by atoms with van der Waals surface area (Å²) in [4.78, 5) is 0. The molecule has 0 saturated carbocycles. The molecule has 2 aromatic carbocycles. The number of phenols is 1. The van der Waals surface area contributed by atoms with E-state index in [1.54, 1.807) is 26.4 Å². The van der Waals surface area contributed by atoms with Crippen molar-refractivity contribution in [3.05, 3.63) is 38.8 Å². The first kappa shape index (κ1) is 15.3. The van der Waals surface area contributed by atoms with Crippen LogP contribution in [0.25, 0.3) is 11.1 Å². The fourth-order valence-corrected chi connectivity index (χ4v) is 2.94. The molecule has 0 saturated heterocycles. The van der Waals surface area contributed by atoms with Gasteiger partial charge in [-0.15, -0.1) is 0 Å². The lowest BCUT2D eigenvalue weighted by Crippen LogP contribution is -1.93. The van der Waals surface area contributed by atoms with Crippen molar-refractivity contribution in [2.75, 3.05) is 14.2 Å². The van der Waals surface area contributed by atoms with Gasteiger partial charge in [0, 0.05) is 17.2 Å². The molecule has 6 heteroatoms. The first-order chi connectivity index (χ1) is 9.49. The van der Waals surface area contributed by atoms with Crippen LogP contribution in [0.1, 0.15) is 0 Å². The molecule has 0 spiro atoms. The standard InChI is InChI=1S/C14H11BrCl2O3/c1-19-12-4-3-7(14(20-2)13(12)15)8-5-10(17)11(18)6-9(8)16/h3-6,18H,1-2H3. The Morgan fingerprint density at radius 2 is 1.70 bits per heavy atom. The molecule has 0 bridgehead atoms. The molecular formula is C14H11BrCl2O3. The predicted molar refractivity (Wildman–Crippen MR) is 84.4 cm³/mol. The highest BCUT2D eigenvalue weighted by Gasteiger charge is 2.17. The quantitative estimate of drug-likeness (QED) is 0.804. The van der Waals surface area contributed by atoms with E-state index < -0.39 is 0 Å². The Kier molecular flexibility index (Phi) is 4.68. The largest absolute Gasteiger partial charge is 0.506 e. The molecule has 0 heterocycles. The van der Waals surface area contributed by atoms with E-state index in [0.717, 1.165) is 5.56 Å². The number of methoxy groups -OCH3 is 2. The maximum atomic E-state index is 9.56. The first-order valence-electron chi connectivity index (χ1n) is 5.58. The minimum Gasteiger partial charge on any atom is -0.506 e. The molecular weight excluding hydrogens is 367 g/mol. The van der Waals surface area contributed by atoms with Crippen molar-refractivity contribution in [1.29, 1.82) is 0 Å². The second-order valence-corrected chi connectivity index (χ2v) is 5.55. The third-order valence-corrected chi connectivity index (χ3v) is 4.18. The zero-order valence-corrected chi connectivity index (χ0v) is 13.8. The molecule has 0 unspecified atom stereocenters. The summed E-state index contributed by atoms with van der Waals surface area (Å²) in [6, 6.07) is 6.60. The van der Waals surface area contributed by atoms with Crippen molar-refractivity contribution in [1.82, 2.24) is 0 Å². The van der Waals surface area contributed by atoms with Gasteiger partial charge in [-0.1, -0.05) is 23.2 Å². The lowest BCUT2D eigenvalue weighted by atomic mass is 10.0. The van der Waals surface area contributed by atoms with Gasteiger partial charge in [0.15, 0.2) is 0 Å². The van der Waals surface area contributed by atoms with Crippen LogP contribution in [0.3, 0.4) is 0 Å². The van der Waals surface area contributed by atoms with E-state index in [9.17, 15) is 5.11 Å². The fourth-order valence-electron chi connectivity index (χ4n) is 1.85. The smallest absolute Gasteiger partial charge is 0.144 e. The summed E-state index contributed by atoms with van der Waals surface area (Å²) in [5, 5.41) is 10.2. The minimum atomic E-state index is -0.0630. The molecule has 20 heavy (non-hydrogen) atoms. The Hall–Kier alpha value is -1.10. The maximum absolute atomic E-state index is 9.56. The third-order valence-electron chi connectivity index (χ3n) is 2.81. The molecule has 2 rings (SSSR count).